The van der Waals surface area contributed by atoms with Crippen LogP contribution in [0.2, 0.25) is 0 Å². The number of aromatic nitrogens is 4. The van der Waals surface area contributed by atoms with Crippen molar-refractivity contribution in [3.63, 3.8) is 0 Å². The molecule has 6 aromatic rings. The maximum Gasteiger partial charge on any atom is 0.228 e. The lowest BCUT2D eigenvalue weighted by Crippen LogP contribution is -2.15. The van der Waals surface area contributed by atoms with Gasteiger partial charge < -0.3 is 18.9 Å². The minimum Gasteiger partial charge on any atom is -0.493 e. The summed E-state index contributed by atoms with van der Waals surface area (Å²) in [5.41, 5.74) is 3.48. The van der Waals surface area contributed by atoms with Crippen LogP contribution in [0.1, 0.15) is 28.4 Å². The van der Waals surface area contributed by atoms with E-state index in [1.165, 1.54) is 0 Å². The maximum atomic E-state index is 6.51. The number of hydrogen-bond donors (Lipinski definition) is 0. The average molecular weight is 517 g/mol. The number of benzene rings is 4. The van der Waals surface area contributed by atoms with Gasteiger partial charge in [-0.2, -0.15) is 0 Å². The molecule has 0 unspecified atom stereocenters. The Balaban J connectivity index is 1.41. The molecule has 0 spiro atoms. The third-order valence-electron chi connectivity index (χ3n) is 6.99. The summed E-state index contributed by atoms with van der Waals surface area (Å²) in [6, 6.07) is 28.0. The first-order valence-electron chi connectivity index (χ1n) is 12.6. The molecule has 39 heavy (non-hydrogen) atoms. The summed E-state index contributed by atoms with van der Waals surface area (Å²) < 4.78 is 25.3. The second-order valence-electron chi connectivity index (χ2n) is 9.22. The second-order valence-corrected chi connectivity index (χ2v) is 9.22. The number of para-hydroxylation sites is 1. The van der Waals surface area contributed by atoms with E-state index >= 15 is 0 Å². The number of fused-ring (bicyclic) bond motifs is 6. The maximum absolute atomic E-state index is 6.51. The molecule has 0 radical (unpaired) electrons. The van der Waals surface area contributed by atoms with Gasteiger partial charge in [0.05, 0.1) is 19.8 Å². The van der Waals surface area contributed by atoms with E-state index in [0.29, 0.717) is 28.9 Å². The molecule has 7 rings (SSSR count). The minimum absolute atomic E-state index is 0.226. The summed E-state index contributed by atoms with van der Waals surface area (Å²) in [6.45, 7) is 0.226. The van der Waals surface area contributed by atoms with E-state index in [0.717, 1.165) is 39.0 Å². The van der Waals surface area contributed by atoms with Crippen molar-refractivity contribution in [1.82, 2.24) is 19.6 Å². The van der Waals surface area contributed by atoms with Crippen LogP contribution in [0.15, 0.2) is 91.3 Å². The molecule has 0 aliphatic carbocycles. The van der Waals surface area contributed by atoms with Crippen LogP contribution in [0.5, 0.6) is 28.9 Å². The van der Waals surface area contributed by atoms with Crippen molar-refractivity contribution in [2.75, 3.05) is 14.2 Å². The monoisotopic (exact) mass is 516 g/mol. The fourth-order valence-electron chi connectivity index (χ4n) is 5.20. The lowest BCUT2D eigenvalue weighted by atomic mass is 9.82. The van der Waals surface area contributed by atoms with Gasteiger partial charge in [-0.25, -0.2) is 14.5 Å². The lowest BCUT2D eigenvalue weighted by molar-refractivity contribution is 0.296. The van der Waals surface area contributed by atoms with E-state index in [1.807, 2.05) is 60.7 Å². The molecule has 0 N–H and O–H groups in total. The molecule has 3 heterocycles. The highest BCUT2D eigenvalue weighted by molar-refractivity contribution is 5.91. The van der Waals surface area contributed by atoms with Crippen molar-refractivity contribution in [2.45, 2.75) is 12.5 Å². The van der Waals surface area contributed by atoms with Crippen LogP contribution in [0.3, 0.4) is 0 Å². The normalized spacial score (nSPS) is 13.9. The van der Waals surface area contributed by atoms with Crippen molar-refractivity contribution in [3.8, 4) is 28.9 Å². The highest BCUT2D eigenvalue weighted by atomic mass is 16.5. The van der Waals surface area contributed by atoms with E-state index in [-0.39, 0.29) is 12.5 Å². The number of methoxy groups -OCH3 is 2. The summed E-state index contributed by atoms with van der Waals surface area (Å²) >= 11 is 0. The highest BCUT2D eigenvalue weighted by Gasteiger charge is 2.34. The fraction of sp³-hybridized carbons (Fsp3) is 0.129. The van der Waals surface area contributed by atoms with Gasteiger partial charge in [-0.05, 0) is 35.2 Å². The lowest BCUT2D eigenvalue weighted by Gasteiger charge is -2.29. The molecule has 2 aromatic heterocycles. The molecule has 0 saturated heterocycles. The van der Waals surface area contributed by atoms with E-state index in [1.54, 1.807) is 25.1 Å². The predicted molar refractivity (Wildman–Crippen MR) is 146 cm³/mol. The van der Waals surface area contributed by atoms with Gasteiger partial charge in [0.1, 0.15) is 24.4 Å². The van der Waals surface area contributed by atoms with E-state index in [2.05, 4.69) is 34.3 Å². The van der Waals surface area contributed by atoms with Gasteiger partial charge in [-0.15, -0.1) is 5.10 Å². The molecular weight excluding hydrogens is 492 g/mol. The third-order valence-corrected chi connectivity index (χ3v) is 6.99. The number of rotatable bonds is 6. The molecule has 0 amide bonds. The summed E-state index contributed by atoms with van der Waals surface area (Å²) in [5.74, 6) is 3.64. The SMILES string of the molecule is COc1ccc([C@H]2c3ccc4ccccc4c3Oc3ncn4nc(COc5ccccc5)nc4c32)cc1OC. The summed E-state index contributed by atoms with van der Waals surface area (Å²) in [7, 11) is 3.27. The Kier molecular flexibility index (Phi) is 5.51. The first kappa shape index (κ1) is 23.0. The van der Waals surface area contributed by atoms with Crippen LogP contribution in [0.25, 0.3) is 16.4 Å². The molecule has 1 aliphatic heterocycles. The number of nitrogens with zero attached hydrogens (tertiary/aromatic N) is 4. The molecular formula is C31H24N4O4. The van der Waals surface area contributed by atoms with Crippen molar-refractivity contribution in [2.24, 2.45) is 0 Å². The molecule has 1 aliphatic rings. The molecule has 0 fully saturated rings. The molecule has 8 nitrogen and oxygen atoms in total. The number of ether oxygens (including phenoxy) is 4. The van der Waals surface area contributed by atoms with Gasteiger partial charge in [-0.1, -0.05) is 60.7 Å². The smallest absolute Gasteiger partial charge is 0.228 e. The van der Waals surface area contributed by atoms with Crippen molar-refractivity contribution < 1.29 is 18.9 Å². The molecule has 4 aromatic carbocycles. The van der Waals surface area contributed by atoms with Crippen molar-refractivity contribution in [3.05, 3.63) is 114 Å². The van der Waals surface area contributed by atoms with Gasteiger partial charge in [0, 0.05) is 16.9 Å². The van der Waals surface area contributed by atoms with Crippen LogP contribution < -0.4 is 18.9 Å². The Bertz CT molecular complexity index is 1830. The van der Waals surface area contributed by atoms with Crippen LogP contribution in [0, 0.1) is 0 Å². The van der Waals surface area contributed by atoms with E-state index < -0.39 is 0 Å². The van der Waals surface area contributed by atoms with Crippen LogP contribution in [-0.4, -0.2) is 33.8 Å². The Morgan fingerprint density at radius 2 is 1.69 bits per heavy atom. The number of hydrogen-bond acceptors (Lipinski definition) is 7. The van der Waals surface area contributed by atoms with Gasteiger partial charge in [-0.3, -0.25) is 0 Å². The Labute approximate surface area is 224 Å². The standard InChI is InChI=1S/C31H24N4O4/c1-36-24-15-13-20(16-25(24)37-2)27-23-14-12-19-8-6-7-11-22(19)29(23)39-31-28(27)30-33-26(34-35(30)18-32-31)17-38-21-9-4-3-5-10-21/h3-16,18,27H,17H2,1-2H3/t27-/m0/s1. The molecule has 0 bridgehead atoms. The Morgan fingerprint density at radius 1 is 0.872 bits per heavy atom. The van der Waals surface area contributed by atoms with Crippen LogP contribution >= 0.6 is 0 Å². The van der Waals surface area contributed by atoms with Gasteiger partial charge >= 0.3 is 0 Å². The molecule has 1 atom stereocenters. The third kappa shape index (κ3) is 3.88. The highest BCUT2D eigenvalue weighted by Crippen LogP contribution is 2.51. The predicted octanol–water partition coefficient (Wildman–Crippen LogP) is 6.16. The van der Waals surface area contributed by atoms with Crippen molar-refractivity contribution in [1.29, 1.82) is 0 Å². The first-order chi connectivity index (χ1) is 19.2. The average Bonchev–Trinajstić information content (AvgIpc) is 3.42. The van der Waals surface area contributed by atoms with Gasteiger partial charge in [0.25, 0.3) is 0 Å². The quantitative estimate of drug-likeness (QED) is 0.262. The Hall–Kier alpha value is -5.11. The Morgan fingerprint density at radius 3 is 2.54 bits per heavy atom. The largest absolute Gasteiger partial charge is 0.493 e. The first-order valence-corrected chi connectivity index (χ1v) is 12.6. The molecule has 8 heteroatoms. The summed E-state index contributed by atoms with van der Waals surface area (Å²) in [4.78, 5) is 9.56. The minimum atomic E-state index is -0.239. The van der Waals surface area contributed by atoms with E-state index in [4.69, 9.17) is 23.9 Å². The zero-order chi connectivity index (χ0) is 26.3. The molecule has 192 valence electrons. The van der Waals surface area contributed by atoms with Gasteiger partial charge in [0.2, 0.25) is 5.88 Å². The zero-order valence-corrected chi connectivity index (χ0v) is 21.4. The van der Waals surface area contributed by atoms with Crippen LogP contribution in [-0.2, 0) is 6.61 Å². The van der Waals surface area contributed by atoms with Gasteiger partial charge in [0.15, 0.2) is 23.0 Å². The van der Waals surface area contributed by atoms with E-state index in [9.17, 15) is 0 Å². The van der Waals surface area contributed by atoms with Crippen molar-refractivity contribution >= 4 is 16.4 Å². The fourth-order valence-corrected chi connectivity index (χ4v) is 5.20. The zero-order valence-electron chi connectivity index (χ0n) is 21.4. The molecule has 0 saturated carbocycles. The summed E-state index contributed by atoms with van der Waals surface area (Å²) in [5, 5.41) is 6.76. The second kappa shape index (κ2) is 9.33. The summed E-state index contributed by atoms with van der Waals surface area (Å²) in [6.07, 6.45) is 1.63. The topological polar surface area (TPSA) is 80.0 Å². The van der Waals surface area contributed by atoms with Crippen LogP contribution in [0.4, 0.5) is 0 Å².